The monoisotopic (exact) mass is 310 g/mol. The number of aliphatic imine (C=N–C) groups is 1. The Morgan fingerprint density at radius 2 is 2.00 bits per heavy atom. The van der Waals surface area contributed by atoms with Gasteiger partial charge in [-0.15, -0.1) is 0 Å². The van der Waals surface area contributed by atoms with Gasteiger partial charge in [0.1, 0.15) is 5.75 Å². The maximum atomic E-state index is 5.35. The van der Waals surface area contributed by atoms with E-state index in [4.69, 9.17) is 4.74 Å². The van der Waals surface area contributed by atoms with Crippen molar-refractivity contribution in [1.29, 1.82) is 0 Å². The lowest BCUT2D eigenvalue weighted by Crippen LogP contribution is -2.44. The summed E-state index contributed by atoms with van der Waals surface area (Å²) < 4.78 is 5.35. The highest BCUT2D eigenvalue weighted by Gasteiger charge is 2.14. The number of anilines is 2. The third kappa shape index (κ3) is 3.56. The van der Waals surface area contributed by atoms with Gasteiger partial charge >= 0.3 is 0 Å². The standard InChI is InChI=1S/C18H22N4O/c1-3-14-7-9-15(10-8-14)22(21-18-19-11-12-20-18)16-5-4-6-17(13-16)23-2/h4-10,13H,3,11-12H2,1-2H3,(H2,19,20,21). The van der Waals surface area contributed by atoms with Crippen LogP contribution in [-0.4, -0.2) is 26.2 Å². The Morgan fingerprint density at radius 1 is 1.17 bits per heavy atom. The number of aryl methyl sites for hydroxylation is 1. The molecule has 0 unspecified atom stereocenters. The second-order valence-electron chi connectivity index (χ2n) is 5.33. The van der Waals surface area contributed by atoms with E-state index in [0.717, 1.165) is 42.6 Å². The van der Waals surface area contributed by atoms with Gasteiger partial charge in [-0.25, -0.2) is 0 Å². The van der Waals surface area contributed by atoms with Crippen molar-refractivity contribution in [3.63, 3.8) is 0 Å². The summed E-state index contributed by atoms with van der Waals surface area (Å²) in [6.07, 6.45) is 1.03. The molecule has 3 rings (SSSR count). The fourth-order valence-corrected chi connectivity index (χ4v) is 2.49. The Kier molecular flexibility index (Phi) is 4.66. The Hall–Kier alpha value is -2.69. The zero-order valence-corrected chi connectivity index (χ0v) is 13.5. The highest BCUT2D eigenvalue weighted by Crippen LogP contribution is 2.27. The summed E-state index contributed by atoms with van der Waals surface area (Å²) in [5, 5.41) is 5.26. The summed E-state index contributed by atoms with van der Waals surface area (Å²) >= 11 is 0. The van der Waals surface area contributed by atoms with Crippen molar-refractivity contribution in [2.24, 2.45) is 4.99 Å². The number of guanidine groups is 1. The Balaban J connectivity index is 1.94. The number of hydrogen-bond acceptors (Lipinski definition) is 5. The largest absolute Gasteiger partial charge is 0.497 e. The van der Waals surface area contributed by atoms with Crippen molar-refractivity contribution in [1.82, 2.24) is 10.7 Å². The van der Waals surface area contributed by atoms with Crippen LogP contribution >= 0.6 is 0 Å². The first-order chi connectivity index (χ1) is 11.3. The van der Waals surface area contributed by atoms with E-state index < -0.39 is 0 Å². The first kappa shape index (κ1) is 15.2. The van der Waals surface area contributed by atoms with Gasteiger partial charge in [-0.2, -0.15) is 0 Å². The molecular weight excluding hydrogens is 288 g/mol. The van der Waals surface area contributed by atoms with Gasteiger partial charge in [0.15, 0.2) is 0 Å². The molecule has 0 saturated carbocycles. The average molecular weight is 310 g/mol. The number of hydrogen-bond donors (Lipinski definition) is 2. The molecule has 0 fully saturated rings. The van der Waals surface area contributed by atoms with Crippen molar-refractivity contribution >= 4 is 17.3 Å². The zero-order valence-electron chi connectivity index (χ0n) is 13.5. The second kappa shape index (κ2) is 7.05. The number of nitrogens with one attached hydrogen (secondary N) is 2. The molecule has 0 aliphatic carbocycles. The van der Waals surface area contributed by atoms with E-state index >= 15 is 0 Å². The summed E-state index contributed by atoms with van der Waals surface area (Å²) in [6, 6.07) is 16.5. The topological polar surface area (TPSA) is 48.9 Å². The first-order valence-electron chi connectivity index (χ1n) is 7.88. The van der Waals surface area contributed by atoms with Gasteiger partial charge in [-0.1, -0.05) is 25.1 Å². The fraction of sp³-hybridized carbons (Fsp3) is 0.278. The molecule has 0 saturated heterocycles. The van der Waals surface area contributed by atoms with Gasteiger partial charge in [-0.3, -0.25) is 15.4 Å². The maximum absolute atomic E-state index is 5.35. The van der Waals surface area contributed by atoms with Gasteiger partial charge in [0.25, 0.3) is 0 Å². The summed E-state index contributed by atoms with van der Waals surface area (Å²) in [6.45, 7) is 3.82. The molecule has 5 heteroatoms. The third-order valence-electron chi connectivity index (χ3n) is 3.81. The molecule has 2 aromatic carbocycles. The molecule has 1 heterocycles. The molecule has 2 aromatic rings. The highest BCUT2D eigenvalue weighted by molar-refractivity contribution is 5.85. The van der Waals surface area contributed by atoms with E-state index in [1.54, 1.807) is 7.11 Å². The van der Waals surface area contributed by atoms with Crippen LogP contribution in [0.2, 0.25) is 0 Å². The van der Waals surface area contributed by atoms with Crippen molar-refractivity contribution in [3.8, 4) is 5.75 Å². The molecule has 1 aliphatic rings. The molecule has 1 aliphatic heterocycles. The lowest BCUT2D eigenvalue weighted by molar-refractivity contribution is 0.415. The SMILES string of the molecule is CCc1ccc(N(NC2=NCCN2)c2cccc(OC)c2)cc1. The van der Waals surface area contributed by atoms with Gasteiger partial charge in [0.2, 0.25) is 5.96 Å². The van der Waals surface area contributed by atoms with Gasteiger partial charge in [-0.05, 0) is 36.2 Å². The smallest absolute Gasteiger partial charge is 0.210 e. The highest BCUT2D eigenvalue weighted by atomic mass is 16.5. The number of nitrogens with zero attached hydrogens (tertiary/aromatic N) is 2. The quantitative estimate of drug-likeness (QED) is 0.834. The Bertz CT molecular complexity index is 682. The van der Waals surface area contributed by atoms with Gasteiger partial charge in [0, 0.05) is 12.6 Å². The summed E-state index contributed by atoms with van der Waals surface area (Å²) in [4.78, 5) is 4.42. The van der Waals surface area contributed by atoms with E-state index in [2.05, 4.69) is 46.9 Å². The summed E-state index contributed by atoms with van der Waals surface area (Å²) in [7, 11) is 1.68. The van der Waals surface area contributed by atoms with Gasteiger partial charge in [0.05, 0.1) is 25.0 Å². The van der Waals surface area contributed by atoms with Crippen LogP contribution in [0.3, 0.4) is 0 Å². The van der Waals surface area contributed by atoms with Gasteiger partial charge < -0.3 is 10.1 Å². The van der Waals surface area contributed by atoms with Crippen LogP contribution < -0.4 is 20.5 Å². The van der Waals surface area contributed by atoms with E-state index in [-0.39, 0.29) is 0 Å². The Labute approximate surface area is 137 Å². The summed E-state index contributed by atoms with van der Waals surface area (Å²) in [5.74, 6) is 1.60. The van der Waals surface area contributed by atoms with Crippen LogP contribution in [0.5, 0.6) is 5.75 Å². The normalized spacial score (nSPS) is 13.2. The molecule has 0 aromatic heterocycles. The molecule has 120 valence electrons. The summed E-state index contributed by atoms with van der Waals surface area (Å²) in [5.41, 5.74) is 6.71. The van der Waals surface area contributed by atoms with Crippen LogP contribution in [0.4, 0.5) is 11.4 Å². The van der Waals surface area contributed by atoms with Crippen LogP contribution in [0.15, 0.2) is 53.5 Å². The molecule has 5 nitrogen and oxygen atoms in total. The Morgan fingerprint density at radius 3 is 2.65 bits per heavy atom. The molecule has 0 atom stereocenters. The molecule has 0 amide bonds. The molecule has 0 bridgehead atoms. The number of hydrazine groups is 1. The van der Waals surface area contributed by atoms with Crippen molar-refractivity contribution in [2.75, 3.05) is 25.2 Å². The maximum Gasteiger partial charge on any atom is 0.210 e. The van der Waals surface area contributed by atoms with Crippen LogP contribution in [0.1, 0.15) is 12.5 Å². The molecule has 0 spiro atoms. The molecule has 2 N–H and O–H groups in total. The predicted octanol–water partition coefficient (Wildman–Crippen LogP) is 2.86. The zero-order chi connectivity index (χ0) is 16.1. The molecule has 0 radical (unpaired) electrons. The van der Waals surface area contributed by atoms with Crippen molar-refractivity contribution < 1.29 is 4.74 Å². The number of rotatable bonds is 5. The fourth-order valence-electron chi connectivity index (χ4n) is 2.49. The predicted molar refractivity (Wildman–Crippen MR) is 94.4 cm³/mol. The van der Waals surface area contributed by atoms with Crippen LogP contribution in [0.25, 0.3) is 0 Å². The number of methoxy groups -OCH3 is 1. The average Bonchev–Trinajstić information content (AvgIpc) is 3.13. The van der Waals surface area contributed by atoms with E-state index in [1.165, 1.54) is 5.56 Å². The van der Waals surface area contributed by atoms with Crippen LogP contribution in [0, 0.1) is 0 Å². The molecule has 23 heavy (non-hydrogen) atoms. The van der Waals surface area contributed by atoms with Crippen molar-refractivity contribution in [3.05, 3.63) is 54.1 Å². The third-order valence-corrected chi connectivity index (χ3v) is 3.81. The second-order valence-corrected chi connectivity index (χ2v) is 5.33. The minimum Gasteiger partial charge on any atom is -0.497 e. The first-order valence-corrected chi connectivity index (χ1v) is 7.88. The van der Waals surface area contributed by atoms with E-state index in [1.807, 2.05) is 29.3 Å². The lowest BCUT2D eigenvalue weighted by atomic mass is 10.1. The minimum absolute atomic E-state index is 0.785. The number of benzene rings is 2. The van der Waals surface area contributed by atoms with Crippen molar-refractivity contribution in [2.45, 2.75) is 13.3 Å². The minimum atomic E-state index is 0.785. The van der Waals surface area contributed by atoms with Crippen LogP contribution in [-0.2, 0) is 6.42 Å². The molecular formula is C18H22N4O. The lowest BCUT2D eigenvalue weighted by Gasteiger charge is -2.27. The number of ether oxygens (including phenoxy) is 1. The van der Waals surface area contributed by atoms with E-state index in [9.17, 15) is 0 Å². The van der Waals surface area contributed by atoms with E-state index in [0.29, 0.717) is 0 Å².